The lowest BCUT2D eigenvalue weighted by atomic mass is 10.1. The van der Waals surface area contributed by atoms with E-state index >= 15 is 0 Å². The SMILES string of the molecule is CN1CCc2sc(C(=O)N3CCN(S(=O)(=O)c4ccc5cc(Cl)ccc5c4)CC3C(N)=O)nc2C1. The molecule has 35 heavy (non-hydrogen) atoms. The number of benzene rings is 2. The lowest BCUT2D eigenvalue weighted by Gasteiger charge is -2.38. The highest BCUT2D eigenvalue weighted by atomic mass is 35.5. The Hall–Kier alpha value is -2.57. The van der Waals surface area contributed by atoms with Gasteiger partial charge in [-0.15, -0.1) is 11.3 Å². The summed E-state index contributed by atoms with van der Waals surface area (Å²) in [6.07, 6.45) is 0.819. The first kappa shape index (κ1) is 24.1. The number of hydrogen-bond acceptors (Lipinski definition) is 7. The maximum atomic E-state index is 13.4. The number of rotatable bonds is 4. The van der Waals surface area contributed by atoms with Crippen LogP contribution in [0.1, 0.15) is 20.4 Å². The Balaban J connectivity index is 1.39. The van der Waals surface area contributed by atoms with Gasteiger partial charge in [-0.2, -0.15) is 4.31 Å². The summed E-state index contributed by atoms with van der Waals surface area (Å²) in [7, 11) is -1.92. The first-order valence-corrected chi connectivity index (χ1v) is 13.7. The summed E-state index contributed by atoms with van der Waals surface area (Å²) in [5.41, 5.74) is 6.51. The Labute approximate surface area is 212 Å². The summed E-state index contributed by atoms with van der Waals surface area (Å²) < 4.78 is 28.0. The number of piperazine rings is 1. The average Bonchev–Trinajstić information content (AvgIpc) is 3.26. The molecule has 1 aromatic heterocycles. The molecule has 0 saturated carbocycles. The van der Waals surface area contributed by atoms with E-state index in [1.54, 1.807) is 30.3 Å². The van der Waals surface area contributed by atoms with Crippen LogP contribution in [0, 0.1) is 0 Å². The van der Waals surface area contributed by atoms with Crippen LogP contribution in [0.3, 0.4) is 0 Å². The maximum Gasteiger partial charge on any atom is 0.283 e. The van der Waals surface area contributed by atoms with E-state index in [0.717, 1.165) is 34.3 Å². The minimum Gasteiger partial charge on any atom is -0.368 e. The largest absolute Gasteiger partial charge is 0.368 e. The third kappa shape index (κ3) is 4.54. The molecule has 1 saturated heterocycles. The predicted octanol–water partition coefficient (Wildman–Crippen LogP) is 1.94. The number of carbonyl (C=O) groups is 2. The number of fused-ring (bicyclic) bond motifs is 2. The predicted molar refractivity (Wildman–Crippen MR) is 134 cm³/mol. The number of nitrogens with two attached hydrogens (primary N) is 1. The highest BCUT2D eigenvalue weighted by Gasteiger charge is 2.40. The van der Waals surface area contributed by atoms with Crippen molar-refractivity contribution in [2.24, 2.45) is 5.73 Å². The van der Waals surface area contributed by atoms with Crippen molar-refractivity contribution in [2.45, 2.75) is 23.9 Å². The van der Waals surface area contributed by atoms with Crippen molar-refractivity contribution < 1.29 is 18.0 Å². The number of thiazole rings is 1. The van der Waals surface area contributed by atoms with Crippen LogP contribution in [-0.2, 0) is 27.8 Å². The third-order valence-electron chi connectivity index (χ3n) is 6.45. The van der Waals surface area contributed by atoms with Gasteiger partial charge in [0.25, 0.3) is 5.91 Å². The molecule has 0 radical (unpaired) electrons. The van der Waals surface area contributed by atoms with E-state index in [1.807, 2.05) is 7.05 Å². The molecule has 9 nitrogen and oxygen atoms in total. The van der Waals surface area contributed by atoms with E-state index in [1.165, 1.54) is 26.6 Å². The fourth-order valence-electron chi connectivity index (χ4n) is 4.51. The number of primary amides is 1. The molecule has 3 heterocycles. The second kappa shape index (κ2) is 9.14. The van der Waals surface area contributed by atoms with Crippen LogP contribution in [0.25, 0.3) is 10.8 Å². The molecule has 0 aliphatic carbocycles. The fourth-order valence-corrected chi connectivity index (χ4v) is 7.18. The Morgan fingerprint density at radius 1 is 1.11 bits per heavy atom. The molecule has 12 heteroatoms. The minimum atomic E-state index is -3.92. The van der Waals surface area contributed by atoms with Gasteiger partial charge in [-0.05, 0) is 48.5 Å². The van der Waals surface area contributed by atoms with Gasteiger partial charge >= 0.3 is 0 Å². The highest BCUT2D eigenvalue weighted by Crippen LogP contribution is 2.29. The van der Waals surface area contributed by atoms with Gasteiger partial charge in [-0.1, -0.05) is 23.7 Å². The van der Waals surface area contributed by atoms with E-state index in [-0.39, 0.29) is 24.5 Å². The van der Waals surface area contributed by atoms with Gasteiger partial charge < -0.3 is 15.5 Å². The Morgan fingerprint density at radius 2 is 1.86 bits per heavy atom. The van der Waals surface area contributed by atoms with Gasteiger partial charge in [-0.3, -0.25) is 9.59 Å². The van der Waals surface area contributed by atoms with Crippen molar-refractivity contribution in [1.29, 1.82) is 0 Å². The normalized spacial score (nSPS) is 19.6. The minimum absolute atomic E-state index is 0.0407. The van der Waals surface area contributed by atoms with Crippen molar-refractivity contribution in [2.75, 3.05) is 33.2 Å². The number of halogens is 1. The first-order valence-electron chi connectivity index (χ1n) is 11.1. The number of nitrogens with zero attached hydrogens (tertiary/aromatic N) is 4. The molecule has 2 amide bonds. The zero-order chi connectivity index (χ0) is 24.9. The number of amides is 2. The molecule has 1 fully saturated rings. The van der Waals surface area contributed by atoms with E-state index in [2.05, 4.69) is 9.88 Å². The number of carbonyl (C=O) groups excluding carboxylic acids is 2. The summed E-state index contributed by atoms with van der Waals surface area (Å²) in [4.78, 5) is 34.8. The Kier molecular flexibility index (Phi) is 6.30. The molecule has 2 aliphatic heterocycles. The quantitative estimate of drug-likeness (QED) is 0.548. The molecule has 0 bridgehead atoms. The van der Waals surface area contributed by atoms with Gasteiger partial charge in [0.15, 0.2) is 5.01 Å². The molecular weight excluding hydrogens is 510 g/mol. The zero-order valence-corrected chi connectivity index (χ0v) is 21.4. The summed E-state index contributed by atoms with van der Waals surface area (Å²) in [6.45, 7) is 1.44. The molecular formula is C23H24ClN5O4S2. The van der Waals surface area contributed by atoms with Gasteiger partial charge in [0, 0.05) is 42.6 Å². The molecule has 1 unspecified atom stereocenters. The number of sulfonamides is 1. The van der Waals surface area contributed by atoms with Crippen molar-refractivity contribution in [1.82, 2.24) is 19.1 Å². The van der Waals surface area contributed by atoms with Crippen LogP contribution in [0.4, 0.5) is 0 Å². The van der Waals surface area contributed by atoms with Crippen LogP contribution >= 0.6 is 22.9 Å². The molecule has 2 aliphatic rings. The summed E-state index contributed by atoms with van der Waals surface area (Å²) >= 11 is 7.36. The van der Waals surface area contributed by atoms with E-state index in [0.29, 0.717) is 16.6 Å². The molecule has 184 valence electrons. The Morgan fingerprint density at radius 3 is 2.63 bits per heavy atom. The standard InChI is InChI=1S/C23H24ClN5O4S2/c1-27-7-6-20-18(12-27)26-22(34-20)23(31)29-9-8-28(13-19(29)21(25)30)35(32,33)17-5-3-14-10-16(24)4-2-15(14)11-17/h2-5,10-11,19H,6-9,12-13H2,1H3,(H2,25,30). The first-order chi connectivity index (χ1) is 16.6. The molecule has 5 rings (SSSR count). The number of likely N-dealkylation sites (N-methyl/N-ethyl adjacent to an activating group) is 1. The second-order valence-electron chi connectivity index (χ2n) is 8.81. The summed E-state index contributed by atoms with van der Waals surface area (Å²) in [5.74, 6) is -1.15. The number of hydrogen-bond donors (Lipinski definition) is 1. The van der Waals surface area contributed by atoms with Crippen molar-refractivity contribution in [3.05, 3.63) is 57.0 Å². The van der Waals surface area contributed by atoms with E-state index in [4.69, 9.17) is 17.3 Å². The highest BCUT2D eigenvalue weighted by molar-refractivity contribution is 7.89. The molecule has 2 N–H and O–H groups in total. The van der Waals surface area contributed by atoms with Gasteiger partial charge in [0.2, 0.25) is 15.9 Å². The van der Waals surface area contributed by atoms with Crippen LogP contribution in [0.15, 0.2) is 41.3 Å². The van der Waals surface area contributed by atoms with Gasteiger partial charge in [0.1, 0.15) is 6.04 Å². The van der Waals surface area contributed by atoms with Crippen molar-refractivity contribution >= 4 is 55.5 Å². The fraction of sp³-hybridized carbons (Fsp3) is 0.348. The van der Waals surface area contributed by atoms with Crippen LogP contribution in [0.5, 0.6) is 0 Å². The number of aromatic nitrogens is 1. The smallest absolute Gasteiger partial charge is 0.283 e. The molecule has 2 aromatic carbocycles. The summed E-state index contributed by atoms with van der Waals surface area (Å²) in [5, 5.41) is 2.42. The lowest BCUT2D eigenvalue weighted by Crippen LogP contribution is -2.60. The third-order valence-corrected chi connectivity index (χ3v) is 9.69. The van der Waals surface area contributed by atoms with Crippen molar-refractivity contribution in [3.63, 3.8) is 0 Å². The van der Waals surface area contributed by atoms with E-state index < -0.39 is 27.9 Å². The average molecular weight is 534 g/mol. The maximum absolute atomic E-state index is 13.4. The van der Waals surface area contributed by atoms with Crippen molar-refractivity contribution in [3.8, 4) is 0 Å². The van der Waals surface area contributed by atoms with Crippen LogP contribution in [0.2, 0.25) is 5.02 Å². The molecule has 1 atom stereocenters. The Bertz CT molecular complexity index is 1440. The molecule has 3 aromatic rings. The van der Waals surface area contributed by atoms with E-state index in [9.17, 15) is 18.0 Å². The topological polar surface area (TPSA) is 117 Å². The monoisotopic (exact) mass is 533 g/mol. The summed E-state index contributed by atoms with van der Waals surface area (Å²) in [6, 6.07) is 8.91. The lowest BCUT2D eigenvalue weighted by molar-refractivity contribution is -0.123. The molecule has 0 spiro atoms. The van der Waals surface area contributed by atoms with Gasteiger partial charge in [-0.25, -0.2) is 13.4 Å². The second-order valence-corrected chi connectivity index (χ2v) is 12.3. The van der Waals surface area contributed by atoms with Crippen LogP contribution < -0.4 is 5.73 Å². The van der Waals surface area contributed by atoms with Gasteiger partial charge in [0.05, 0.1) is 10.6 Å². The zero-order valence-electron chi connectivity index (χ0n) is 19.0. The van der Waals surface area contributed by atoms with Crippen LogP contribution in [-0.4, -0.2) is 78.6 Å².